The molecule has 0 aliphatic carbocycles. The molecule has 2 nitrogen and oxygen atoms in total. The van der Waals surface area contributed by atoms with Gasteiger partial charge in [-0.3, -0.25) is 0 Å². The van der Waals surface area contributed by atoms with E-state index in [9.17, 15) is 4.39 Å². The van der Waals surface area contributed by atoms with E-state index in [2.05, 4.69) is 15.9 Å². The normalized spacial score (nSPS) is 12.5. The van der Waals surface area contributed by atoms with Crippen molar-refractivity contribution in [1.29, 1.82) is 0 Å². The highest BCUT2D eigenvalue weighted by molar-refractivity contribution is 9.10. The van der Waals surface area contributed by atoms with Gasteiger partial charge in [-0.15, -0.1) is 11.3 Å². The summed E-state index contributed by atoms with van der Waals surface area (Å²) in [4.78, 5) is 0.823. The van der Waals surface area contributed by atoms with Crippen LogP contribution in [-0.4, -0.2) is 7.11 Å². The lowest BCUT2D eigenvalue weighted by atomic mass is 10.1. The Kier molecular flexibility index (Phi) is 4.27. The highest BCUT2D eigenvalue weighted by Crippen LogP contribution is 2.34. The number of thiophene rings is 1. The van der Waals surface area contributed by atoms with E-state index in [-0.39, 0.29) is 5.82 Å². The number of rotatable bonds is 3. The van der Waals surface area contributed by atoms with Gasteiger partial charge in [0.15, 0.2) is 0 Å². The van der Waals surface area contributed by atoms with E-state index in [1.54, 1.807) is 13.2 Å². The zero-order valence-electron chi connectivity index (χ0n) is 9.41. The third kappa shape index (κ3) is 2.69. The molecule has 96 valence electrons. The molecule has 0 radical (unpaired) electrons. The minimum Gasteiger partial charge on any atom is -0.496 e. The largest absolute Gasteiger partial charge is 0.496 e. The molecule has 0 amide bonds. The van der Waals surface area contributed by atoms with Gasteiger partial charge < -0.3 is 10.5 Å². The van der Waals surface area contributed by atoms with Crippen LogP contribution in [0.5, 0.6) is 5.75 Å². The molecule has 1 atom stereocenters. The molecule has 1 aromatic heterocycles. The summed E-state index contributed by atoms with van der Waals surface area (Å²) in [5.41, 5.74) is 6.41. The van der Waals surface area contributed by atoms with Gasteiger partial charge in [-0.2, -0.15) is 0 Å². The van der Waals surface area contributed by atoms with E-state index in [1.807, 2.05) is 5.38 Å². The SMILES string of the molecule is COc1csc(C(N)c2cc(Cl)c(Br)cc2F)c1. The monoisotopic (exact) mass is 349 g/mol. The van der Waals surface area contributed by atoms with Crippen molar-refractivity contribution >= 4 is 38.9 Å². The minimum atomic E-state index is -0.551. The third-order valence-corrected chi connectivity index (χ3v) is 4.70. The van der Waals surface area contributed by atoms with Gasteiger partial charge >= 0.3 is 0 Å². The van der Waals surface area contributed by atoms with Crippen molar-refractivity contribution in [2.24, 2.45) is 5.73 Å². The van der Waals surface area contributed by atoms with Gasteiger partial charge in [0, 0.05) is 20.3 Å². The maximum absolute atomic E-state index is 13.9. The molecule has 2 aromatic rings. The fraction of sp³-hybridized carbons (Fsp3) is 0.167. The number of hydrogen-bond donors (Lipinski definition) is 1. The first-order valence-corrected chi connectivity index (χ1v) is 7.10. The van der Waals surface area contributed by atoms with E-state index in [4.69, 9.17) is 22.1 Å². The van der Waals surface area contributed by atoms with Gasteiger partial charge in [0.25, 0.3) is 0 Å². The minimum absolute atomic E-state index is 0.368. The molecule has 2 rings (SSSR count). The first kappa shape index (κ1) is 13.8. The average Bonchev–Trinajstić information content (AvgIpc) is 2.81. The second kappa shape index (κ2) is 5.57. The second-order valence-corrected chi connectivity index (χ2v) is 5.86. The molecule has 0 saturated carbocycles. The maximum Gasteiger partial charge on any atom is 0.129 e. The van der Waals surface area contributed by atoms with Crippen LogP contribution in [0.15, 0.2) is 28.1 Å². The molecule has 0 spiro atoms. The summed E-state index contributed by atoms with van der Waals surface area (Å²) in [7, 11) is 1.58. The van der Waals surface area contributed by atoms with E-state index < -0.39 is 6.04 Å². The van der Waals surface area contributed by atoms with Crippen LogP contribution in [0, 0.1) is 5.82 Å². The van der Waals surface area contributed by atoms with Gasteiger partial charge in [-0.1, -0.05) is 11.6 Å². The van der Waals surface area contributed by atoms with Crippen LogP contribution in [0.1, 0.15) is 16.5 Å². The van der Waals surface area contributed by atoms with E-state index in [1.165, 1.54) is 23.5 Å². The first-order chi connectivity index (χ1) is 8.52. The summed E-state index contributed by atoms with van der Waals surface area (Å²) in [5.74, 6) is 0.334. The van der Waals surface area contributed by atoms with Crippen LogP contribution in [0.2, 0.25) is 5.02 Å². The van der Waals surface area contributed by atoms with Crippen molar-refractivity contribution in [2.45, 2.75) is 6.04 Å². The Hall–Kier alpha value is -0.620. The smallest absolute Gasteiger partial charge is 0.129 e. The highest BCUT2D eigenvalue weighted by Gasteiger charge is 2.17. The lowest BCUT2D eigenvalue weighted by Crippen LogP contribution is -2.12. The number of methoxy groups -OCH3 is 1. The number of benzene rings is 1. The molecule has 2 N–H and O–H groups in total. The molecule has 1 unspecified atom stereocenters. The molecule has 0 saturated heterocycles. The first-order valence-electron chi connectivity index (χ1n) is 5.05. The number of hydrogen-bond acceptors (Lipinski definition) is 3. The van der Waals surface area contributed by atoms with Crippen molar-refractivity contribution in [3.8, 4) is 5.75 Å². The predicted octanol–water partition coefficient (Wildman–Crippen LogP) is 4.36. The number of ether oxygens (including phenoxy) is 1. The highest BCUT2D eigenvalue weighted by atomic mass is 79.9. The molecule has 1 aromatic carbocycles. The van der Waals surface area contributed by atoms with Crippen LogP contribution in [0.3, 0.4) is 0 Å². The van der Waals surface area contributed by atoms with Gasteiger partial charge in [-0.25, -0.2) is 4.39 Å². The molecule has 6 heteroatoms. The topological polar surface area (TPSA) is 35.2 Å². The number of halogens is 3. The van der Waals surface area contributed by atoms with Gasteiger partial charge in [-0.05, 0) is 34.1 Å². The Balaban J connectivity index is 2.39. The lowest BCUT2D eigenvalue weighted by molar-refractivity contribution is 0.416. The van der Waals surface area contributed by atoms with Crippen molar-refractivity contribution in [1.82, 2.24) is 0 Å². The number of nitrogens with two attached hydrogens (primary N) is 1. The molecule has 0 aliphatic rings. The van der Waals surface area contributed by atoms with Crippen molar-refractivity contribution in [2.75, 3.05) is 7.11 Å². The van der Waals surface area contributed by atoms with E-state index in [0.29, 0.717) is 20.8 Å². The zero-order valence-corrected chi connectivity index (χ0v) is 12.6. The molecule has 0 bridgehead atoms. The van der Waals surface area contributed by atoms with Crippen LogP contribution >= 0.6 is 38.9 Å². The van der Waals surface area contributed by atoms with Crippen LogP contribution in [0.4, 0.5) is 4.39 Å². The Bertz CT molecular complexity index is 575. The molecule has 1 heterocycles. The van der Waals surface area contributed by atoms with Gasteiger partial charge in [0.1, 0.15) is 11.6 Å². The van der Waals surface area contributed by atoms with Gasteiger partial charge in [0.2, 0.25) is 0 Å². The average molecular weight is 351 g/mol. The van der Waals surface area contributed by atoms with Crippen molar-refractivity contribution in [3.63, 3.8) is 0 Å². The Morgan fingerprint density at radius 2 is 2.17 bits per heavy atom. The summed E-state index contributed by atoms with van der Waals surface area (Å²) >= 11 is 10.6. The summed E-state index contributed by atoms with van der Waals surface area (Å²) in [6, 6.07) is 4.11. The third-order valence-electron chi connectivity index (χ3n) is 2.51. The second-order valence-electron chi connectivity index (χ2n) is 3.65. The Morgan fingerprint density at radius 3 is 2.78 bits per heavy atom. The van der Waals surface area contributed by atoms with Crippen LogP contribution in [-0.2, 0) is 0 Å². The van der Waals surface area contributed by atoms with E-state index in [0.717, 1.165) is 4.88 Å². The maximum atomic E-state index is 13.9. The molecule has 0 aliphatic heterocycles. The summed E-state index contributed by atoms with van der Waals surface area (Å²) < 4.78 is 19.5. The van der Waals surface area contributed by atoms with Crippen LogP contribution < -0.4 is 10.5 Å². The summed E-state index contributed by atoms with van der Waals surface area (Å²) in [6.45, 7) is 0. The molecular weight excluding hydrogens is 341 g/mol. The van der Waals surface area contributed by atoms with Crippen LogP contribution in [0.25, 0.3) is 0 Å². The van der Waals surface area contributed by atoms with E-state index >= 15 is 0 Å². The fourth-order valence-electron chi connectivity index (χ4n) is 1.53. The fourth-order valence-corrected chi connectivity index (χ4v) is 2.90. The quantitative estimate of drug-likeness (QED) is 0.835. The molecule has 18 heavy (non-hydrogen) atoms. The predicted molar refractivity (Wildman–Crippen MR) is 76.0 cm³/mol. The Labute approximate surface area is 122 Å². The lowest BCUT2D eigenvalue weighted by Gasteiger charge is -2.12. The summed E-state index contributed by atoms with van der Waals surface area (Å²) in [6.07, 6.45) is 0. The van der Waals surface area contributed by atoms with Gasteiger partial charge in [0.05, 0.1) is 18.2 Å². The van der Waals surface area contributed by atoms with Crippen molar-refractivity contribution < 1.29 is 9.13 Å². The summed E-state index contributed by atoms with van der Waals surface area (Å²) in [5, 5.41) is 2.26. The standard InChI is InChI=1S/C12H10BrClFNOS/c1-17-6-2-11(18-5-6)12(16)7-3-9(14)8(13)4-10(7)15/h2-5,12H,16H2,1H3. The molecule has 0 fully saturated rings. The zero-order chi connectivity index (χ0) is 13.3. The molecular formula is C12H10BrClFNOS. The Morgan fingerprint density at radius 1 is 1.44 bits per heavy atom. The van der Waals surface area contributed by atoms with Crippen molar-refractivity contribution in [3.05, 3.63) is 49.3 Å².